The van der Waals surface area contributed by atoms with Crippen molar-refractivity contribution < 1.29 is 14.3 Å². The Bertz CT molecular complexity index is 759. The van der Waals surface area contributed by atoms with Crippen molar-refractivity contribution in [3.8, 4) is 5.75 Å². The van der Waals surface area contributed by atoms with Gasteiger partial charge >= 0.3 is 0 Å². The maximum Gasteiger partial charge on any atom is 0.257 e. The number of para-hydroxylation sites is 1. The normalized spacial score (nSPS) is 15.9. The van der Waals surface area contributed by atoms with Crippen LogP contribution in [0.1, 0.15) is 21.4 Å². The summed E-state index contributed by atoms with van der Waals surface area (Å²) in [6.45, 7) is 7.20. The Morgan fingerprint density at radius 1 is 1.25 bits per heavy atom. The van der Waals surface area contributed by atoms with Crippen LogP contribution >= 0.6 is 11.3 Å². The van der Waals surface area contributed by atoms with Crippen molar-refractivity contribution in [1.29, 1.82) is 0 Å². The molecule has 28 heavy (non-hydrogen) atoms. The third-order valence-corrected chi connectivity index (χ3v) is 5.94. The zero-order chi connectivity index (χ0) is 19.8. The number of carbonyl (C=O) groups excluding carboxylic acids is 1. The Balaban J connectivity index is 1.62. The van der Waals surface area contributed by atoms with Gasteiger partial charge in [-0.2, -0.15) is 0 Å². The summed E-state index contributed by atoms with van der Waals surface area (Å²) < 4.78 is 11.2. The van der Waals surface area contributed by atoms with E-state index < -0.39 is 0 Å². The van der Waals surface area contributed by atoms with Crippen LogP contribution in [0.5, 0.6) is 5.75 Å². The second-order valence-electron chi connectivity index (χ2n) is 6.81. The third kappa shape index (κ3) is 5.78. The van der Waals surface area contributed by atoms with E-state index in [9.17, 15) is 4.79 Å². The molecule has 1 aliphatic heterocycles. The van der Waals surface area contributed by atoms with Crippen LogP contribution in [0.2, 0.25) is 0 Å². The number of nitrogens with zero attached hydrogens (tertiary/aromatic N) is 1. The molecule has 2 aromatic rings. The first-order valence-electron chi connectivity index (χ1n) is 9.67. The molecule has 1 aromatic heterocycles. The van der Waals surface area contributed by atoms with Crippen LogP contribution in [0, 0.1) is 6.92 Å². The number of hydrogen-bond acceptors (Lipinski definition) is 6. The average Bonchev–Trinajstić information content (AvgIpc) is 3.16. The molecule has 1 saturated heterocycles. The number of hydrogen-bond donors (Lipinski definition) is 2. The molecule has 0 aliphatic carbocycles. The van der Waals surface area contributed by atoms with E-state index in [1.165, 1.54) is 9.75 Å². The summed E-state index contributed by atoms with van der Waals surface area (Å²) in [6, 6.07) is 12.6. The quantitative estimate of drug-likeness (QED) is 0.673. The molecular formula is C21H29N3O3S. The number of ether oxygens (including phenoxy) is 2. The minimum absolute atomic E-state index is 0.0262. The predicted molar refractivity (Wildman–Crippen MR) is 112 cm³/mol. The second kappa shape index (κ2) is 10.6. The number of benzene rings is 1. The Labute approximate surface area is 170 Å². The smallest absolute Gasteiger partial charge is 0.257 e. The van der Waals surface area contributed by atoms with E-state index in [-0.39, 0.29) is 12.5 Å². The van der Waals surface area contributed by atoms with Crippen molar-refractivity contribution in [2.45, 2.75) is 19.5 Å². The van der Waals surface area contributed by atoms with Gasteiger partial charge in [-0.1, -0.05) is 18.2 Å². The Morgan fingerprint density at radius 2 is 2.04 bits per heavy atom. The molecule has 152 valence electrons. The lowest BCUT2D eigenvalue weighted by molar-refractivity contribution is -0.122. The molecule has 0 saturated carbocycles. The lowest BCUT2D eigenvalue weighted by Gasteiger charge is -2.34. The molecule has 1 aliphatic rings. The van der Waals surface area contributed by atoms with Crippen LogP contribution in [0.4, 0.5) is 0 Å². The van der Waals surface area contributed by atoms with Crippen LogP contribution in [-0.4, -0.2) is 57.3 Å². The van der Waals surface area contributed by atoms with Crippen molar-refractivity contribution in [3.63, 3.8) is 0 Å². The topological polar surface area (TPSA) is 62.8 Å². The zero-order valence-corrected chi connectivity index (χ0v) is 17.4. The highest BCUT2D eigenvalue weighted by Crippen LogP contribution is 2.28. The van der Waals surface area contributed by atoms with E-state index in [2.05, 4.69) is 34.6 Å². The molecule has 6 nitrogen and oxygen atoms in total. The molecule has 7 heteroatoms. The summed E-state index contributed by atoms with van der Waals surface area (Å²) in [5, 5.41) is 6.17. The zero-order valence-electron chi connectivity index (χ0n) is 16.6. The summed E-state index contributed by atoms with van der Waals surface area (Å²) in [5.41, 5.74) is 1.05. The standard InChI is InChI=1S/C21H29N3O3S/c1-16-7-8-20(28-16)18(24-9-11-26-12-10-24)14-23-13-17-5-3-4-6-19(17)27-15-21(25)22-2/h3-8,18,23H,9-15H2,1-2H3,(H,22,25). The number of aryl methyl sites for hydroxylation is 1. The third-order valence-electron chi connectivity index (χ3n) is 4.84. The predicted octanol–water partition coefficient (Wildman–Crippen LogP) is 2.34. The summed E-state index contributed by atoms with van der Waals surface area (Å²) in [6.07, 6.45) is 0. The van der Waals surface area contributed by atoms with Gasteiger partial charge in [-0.15, -0.1) is 11.3 Å². The fraction of sp³-hybridized carbons (Fsp3) is 0.476. The van der Waals surface area contributed by atoms with Crippen LogP contribution in [-0.2, 0) is 16.1 Å². The van der Waals surface area contributed by atoms with Crippen molar-refractivity contribution in [2.24, 2.45) is 0 Å². The number of carbonyl (C=O) groups is 1. The molecule has 0 bridgehead atoms. The molecule has 1 fully saturated rings. The highest BCUT2D eigenvalue weighted by molar-refractivity contribution is 7.12. The lowest BCUT2D eigenvalue weighted by Crippen LogP contribution is -2.42. The first kappa shape index (κ1) is 20.8. The number of nitrogens with one attached hydrogen (secondary N) is 2. The highest BCUT2D eigenvalue weighted by atomic mass is 32.1. The van der Waals surface area contributed by atoms with Crippen molar-refractivity contribution in [1.82, 2.24) is 15.5 Å². The highest BCUT2D eigenvalue weighted by Gasteiger charge is 2.23. The van der Waals surface area contributed by atoms with Gasteiger partial charge in [0.15, 0.2) is 6.61 Å². The molecule has 1 amide bonds. The maximum atomic E-state index is 11.5. The van der Waals surface area contributed by atoms with E-state index in [4.69, 9.17) is 9.47 Å². The summed E-state index contributed by atoms with van der Waals surface area (Å²) >= 11 is 1.86. The van der Waals surface area contributed by atoms with E-state index in [1.807, 2.05) is 35.6 Å². The minimum Gasteiger partial charge on any atom is -0.483 e. The van der Waals surface area contributed by atoms with Crippen LogP contribution < -0.4 is 15.4 Å². The van der Waals surface area contributed by atoms with Gasteiger partial charge in [-0.25, -0.2) is 0 Å². The van der Waals surface area contributed by atoms with Crippen molar-refractivity contribution in [3.05, 3.63) is 51.7 Å². The fourth-order valence-electron chi connectivity index (χ4n) is 3.28. The number of morpholine rings is 1. The van der Waals surface area contributed by atoms with E-state index in [0.29, 0.717) is 12.6 Å². The molecule has 0 radical (unpaired) electrons. The largest absolute Gasteiger partial charge is 0.483 e. The van der Waals surface area contributed by atoms with Gasteiger partial charge in [-0.3, -0.25) is 9.69 Å². The van der Waals surface area contributed by atoms with Gasteiger partial charge in [0.1, 0.15) is 5.75 Å². The minimum atomic E-state index is -0.136. The van der Waals surface area contributed by atoms with E-state index in [1.54, 1.807) is 7.05 Å². The van der Waals surface area contributed by atoms with Crippen LogP contribution in [0.3, 0.4) is 0 Å². The maximum absolute atomic E-state index is 11.5. The lowest BCUT2D eigenvalue weighted by atomic mass is 10.1. The number of rotatable bonds is 9. The van der Waals surface area contributed by atoms with E-state index >= 15 is 0 Å². The first-order valence-corrected chi connectivity index (χ1v) is 10.5. The van der Waals surface area contributed by atoms with Gasteiger partial charge in [0.2, 0.25) is 0 Å². The summed E-state index contributed by atoms with van der Waals surface area (Å²) in [4.78, 5) is 16.7. The molecule has 0 spiro atoms. The van der Waals surface area contributed by atoms with Gasteiger partial charge in [0.05, 0.1) is 19.3 Å². The fourth-order valence-corrected chi connectivity index (χ4v) is 4.29. The monoisotopic (exact) mass is 403 g/mol. The van der Waals surface area contributed by atoms with Gasteiger partial charge in [0, 0.05) is 48.5 Å². The van der Waals surface area contributed by atoms with Gasteiger partial charge in [-0.05, 0) is 25.1 Å². The average molecular weight is 404 g/mol. The molecule has 3 rings (SSSR count). The number of likely N-dealkylation sites (N-methyl/N-ethyl adjacent to an activating group) is 1. The summed E-state index contributed by atoms with van der Waals surface area (Å²) in [5.74, 6) is 0.608. The van der Waals surface area contributed by atoms with Gasteiger partial charge < -0.3 is 20.1 Å². The first-order chi connectivity index (χ1) is 13.7. The number of thiophene rings is 1. The van der Waals surface area contributed by atoms with Crippen LogP contribution in [0.15, 0.2) is 36.4 Å². The second-order valence-corrected chi connectivity index (χ2v) is 8.13. The molecule has 2 heterocycles. The Kier molecular flexibility index (Phi) is 7.85. The van der Waals surface area contributed by atoms with Crippen molar-refractivity contribution in [2.75, 3.05) is 46.5 Å². The number of amides is 1. The van der Waals surface area contributed by atoms with Gasteiger partial charge in [0.25, 0.3) is 5.91 Å². The summed E-state index contributed by atoms with van der Waals surface area (Å²) in [7, 11) is 1.61. The van der Waals surface area contributed by atoms with Crippen molar-refractivity contribution >= 4 is 17.2 Å². The Morgan fingerprint density at radius 3 is 2.75 bits per heavy atom. The Hall–Kier alpha value is -1.93. The molecule has 1 aromatic carbocycles. The molecule has 2 N–H and O–H groups in total. The molecule has 1 atom stereocenters. The van der Waals surface area contributed by atoms with Crippen LogP contribution in [0.25, 0.3) is 0 Å². The molecule has 1 unspecified atom stereocenters. The SMILES string of the molecule is CNC(=O)COc1ccccc1CNCC(c1ccc(C)s1)N1CCOCC1. The molecular weight excluding hydrogens is 374 g/mol. The van der Waals surface area contributed by atoms with E-state index in [0.717, 1.165) is 44.2 Å².